The Morgan fingerprint density at radius 3 is 2.79 bits per heavy atom. The van der Waals surface area contributed by atoms with E-state index in [2.05, 4.69) is 54.9 Å². The first kappa shape index (κ1) is 23.8. The number of imidazole rings is 1. The number of aromatic nitrogens is 7. The first-order valence-corrected chi connectivity index (χ1v) is 13.5. The van der Waals surface area contributed by atoms with Gasteiger partial charge in [-0.1, -0.05) is 44.1 Å². The Labute approximate surface area is 225 Å². The summed E-state index contributed by atoms with van der Waals surface area (Å²) >= 11 is 0. The molecule has 2 aliphatic carbocycles. The minimum Gasteiger partial charge on any atom is -0.341 e. The number of H-pyrrole nitrogens is 1. The van der Waals surface area contributed by atoms with E-state index in [-0.39, 0.29) is 23.3 Å². The van der Waals surface area contributed by atoms with E-state index in [1.165, 1.54) is 18.4 Å². The average Bonchev–Trinajstić information content (AvgIpc) is 3.32. The van der Waals surface area contributed by atoms with E-state index < -0.39 is 0 Å². The quantitative estimate of drug-likeness (QED) is 0.320. The molecule has 0 bridgehead atoms. The van der Waals surface area contributed by atoms with Crippen LogP contribution in [0.1, 0.15) is 86.2 Å². The predicted octanol–water partition coefficient (Wildman–Crippen LogP) is 5.31. The molecule has 1 fully saturated rings. The van der Waals surface area contributed by atoms with Gasteiger partial charge in [0.15, 0.2) is 11.5 Å². The molecule has 0 aliphatic heterocycles. The molecule has 198 valence electrons. The smallest absolute Gasteiger partial charge is 0.315 e. The molecule has 10 heteroatoms. The van der Waals surface area contributed by atoms with Crippen LogP contribution in [0.4, 0.5) is 0 Å². The Morgan fingerprint density at radius 1 is 1.13 bits per heavy atom. The van der Waals surface area contributed by atoms with Gasteiger partial charge in [-0.3, -0.25) is 9.48 Å². The minimum atomic E-state index is -0.342. The van der Waals surface area contributed by atoms with Crippen molar-refractivity contribution in [3.8, 4) is 22.5 Å². The summed E-state index contributed by atoms with van der Waals surface area (Å²) in [6, 6.07) is 8.87. The maximum Gasteiger partial charge on any atom is 0.315 e. The van der Waals surface area contributed by atoms with Crippen molar-refractivity contribution < 1.29 is 9.32 Å². The second-order valence-electron chi connectivity index (χ2n) is 11.6. The number of hydrogen-bond donors (Lipinski definition) is 2. The summed E-state index contributed by atoms with van der Waals surface area (Å²) in [7, 11) is 0. The maximum absolute atomic E-state index is 12.9. The molecule has 2 aliphatic rings. The van der Waals surface area contributed by atoms with Crippen molar-refractivity contribution >= 4 is 17.1 Å². The van der Waals surface area contributed by atoms with E-state index >= 15 is 0 Å². The van der Waals surface area contributed by atoms with Gasteiger partial charge in [-0.15, -0.1) is 0 Å². The fraction of sp³-hybridized carbons (Fsp3) is 0.379. The van der Waals surface area contributed by atoms with Crippen LogP contribution >= 0.6 is 0 Å². The highest BCUT2D eigenvalue weighted by Gasteiger charge is 2.28. The van der Waals surface area contributed by atoms with Crippen molar-refractivity contribution in [2.75, 3.05) is 0 Å². The van der Waals surface area contributed by atoms with E-state index in [9.17, 15) is 4.79 Å². The van der Waals surface area contributed by atoms with Crippen molar-refractivity contribution in [1.82, 2.24) is 40.2 Å². The van der Waals surface area contributed by atoms with Crippen molar-refractivity contribution in [1.29, 1.82) is 0 Å². The van der Waals surface area contributed by atoms with Crippen molar-refractivity contribution in [2.45, 2.75) is 70.4 Å². The zero-order chi connectivity index (χ0) is 26.7. The Balaban J connectivity index is 1.16. The van der Waals surface area contributed by atoms with Crippen LogP contribution in [-0.4, -0.2) is 40.8 Å². The lowest BCUT2D eigenvalue weighted by Crippen LogP contribution is -2.31. The van der Waals surface area contributed by atoms with Gasteiger partial charge in [0.2, 0.25) is 0 Å². The van der Waals surface area contributed by atoms with Gasteiger partial charge in [0, 0.05) is 23.4 Å². The summed E-state index contributed by atoms with van der Waals surface area (Å²) < 4.78 is 7.28. The van der Waals surface area contributed by atoms with Crippen LogP contribution in [0.25, 0.3) is 33.7 Å². The number of hydrogen-bond acceptors (Lipinski definition) is 7. The van der Waals surface area contributed by atoms with Gasteiger partial charge >= 0.3 is 11.8 Å². The van der Waals surface area contributed by atoms with Gasteiger partial charge in [0.05, 0.1) is 29.4 Å². The normalized spacial score (nSPS) is 17.4. The SMILES string of the molecule is CC(C)(C)c1noc(C(=O)N[C@H]2CCCc3cc(-c4ccnc5nc(-c6cnn(C7CC7)c6)[nH]c45)ccc32)n1. The predicted molar refractivity (Wildman–Crippen MR) is 145 cm³/mol. The van der Waals surface area contributed by atoms with Crippen LogP contribution in [0.3, 0.4) is 0 Å². The largest absolute Gasteiger partial charge is 0.341 e. The van der Waals surface area contributed by atoms with Gasteiger partial charge in [-0.2, -0.15) is 10.1 Å². The number of fused-ring (bicyclic) bond motifs is 2. The van der Waals surface area contributed by atoms with Gasteiger partial charge < -0.3 is 14.8 Å². The maximum atomic E-state index is 12.9. The van der Waals surface area contributed by atoms with Crippen molar-refractivity contribution in [2.24, 2.45) is 0 Å². The van der Waals surface area contributed by atoms with Crippen LogP contribution < -0.4 is 5.32 Å². The number of carbonyl (C=O) groups is 1. The number of benzene rings is 1. The monoisotopic (exact) mass is 522 g/mol. The molecule has 0 spiro atoms. The van der Waals surface area contributed by atoms with Gasteiger partial charge in [0.25, 0.3) is 0 Å². The molecule has 0 saturated heterocycles. The molecule has 1 aromatic carbocycles. The molecular weight excluding hydrogens is 492 g/mol. The Hall–Kier alpha value is -4.34. The summed E-state index contributed by atoms with van der Waals surface area (Å²) in [5.41, 5.74) is 6.73. The number of rotatable bonds is 5. The minimum absolute atomic E-state index is 0.000528. The third-order valence-electron chi connectivity index (χ3n) is 7.55. The summed E-state index contributed by atoms with van der Waals surface area (Å²) in [6.07, 6.45) is 10.9. The van der Waals surface area contributed by atoms with Crippen LogP contribution in [0.5, 0.6) is 0 Å². The molecular formula is C29H30N8O2. The number of aromatic amines is 1. The average molecular weight is 523 g/mol. The topological polar surface area (TPSA) is 127 Å². The third kappa shape index (κ3) is 4.39. The fourth-order valence-corrected chi connectivity index (χ4v) is 5.26. The number of amides is 1. The van der Waals surface area contributed by atoms with Crippen LogP contribution in [0, 0.1) is 0 Å². The molecule has 1 saturated carbocycles. The van der Waals surface area contributed by atoms with Gasteiger partial charge in [-0.05, 0) is 54.9 Å². The molecule has 4 aromatic heterocycles. The highest BCUT2D eigenvalue weighted by molar-refractivity contribution is 5.92. The Bertz CT molecular complexity index is 1700. The Morgan fingerprint density at radius 2 is 2.00 bits per heavy atom. The number of carbonyl (C=O) groups excluding carboxylic acids is 1. The van der Waals surface area contributed by atoms with E-state index in [1.807, 2.05) is 37.7 Å². The molecule has 7 rings (SSSR count). The molecule has 39 heavy (non-hydrogen) atoms. The van der Waals surface area contributed by atoms with Crippen molar-refractivity contribution in [3.63, 3.8) is 0 Å². The number of nitrogens with one attached hydrogen (secondary N) is 2. The zero-order valence-corrected chi connectivity index (χ0v) is 22.2. The number of pyridine rings is 1. The lowest BCUT2D eigenvalue weighted by atomic mass is 9.85. The summed E-state index contributed by atoms with van der Waals surface area (Å²) in [5.74, 6) is 0.947. The third-order valence-corrected chi connectivity index (χ3v) is 7.55. The van der Waals surface area contributed by atoms with Crippen molar-refractivity contribution in [3.05, 3.63) is 65.7 Å². The summed E-state index contributed by atoms with van der Waals surface area (Å²) in [5, 5.41) is 11.6. The molecule has 1 amide bonds. The highest BCUT2D eigenvalue weighted by Crippen LogP contribution is 2.37. The van der Waals surface area contributed by atoms with E-state index in [1.54, 1.807) is 6.20 Å². The first-order chi connectivity index (χ1) is 18.8. The molecule has 0 radical (unpaired) electrons. The highest BCUT2D eigenvalue weighted by atomic mass is 16.5. The standard InChI is InChI=1S/C29H30N8O2/c1-29(2,3)28-35-27(39-36-28)26(38)32-22-6-4-5-16-13-17(7-10-20(16)22)21-11-12-30-25-23(21)33-24(34-25)18-14-31-37(15-18)19-8-9-19/h7,10-15,19,22H,4-6,8-9H2,1-3H3,(H,32,38)(H,30,33,34)/t22-/m0/s1. The van der Waals surface area contributed by atoms with E-state index in [0.29, 0.717) is 17.5 Å². The second-order valence-corrected chi connectivity index (χ2v) is 11.6. The van der Waals surface area contributed by atoms with E-state index in [0.717, 1.165) is 52.9 Å². The number of aryl methyl sites for hydroxylation is 1. The number of nitrogens with zero attached hydrogens (tertiary/aromatic N) is 6. The van der Waals surface area contributed by atoms with Crippen LogP contribution in [0.2, 0.25) is 0 Å². The molecule has 1 atom stereocenters. The molecule has 4 heterocycles. The first-order valence-electron chi connectivity index (χ1n) is 13.5. The Kier molecular flexibility index (Phi) is 5.40. The lowest BCUT2D eigenvalue weighted by molar-refractivity contribution is 0.0888. The molecule has 10 nitrogen and oxygen atoms in total. The fourth-order valence-electron chi connectivity index (χ4n) is 5.26. The van der Waals surface area contributed by atoms with Gasteiger partial charge in [0.1, 0.15) is 5.82 Å². The lowest BCUT2D eigenvalue weighted by Gasteiger charge is -2.26. The second kappa shape index (κ2) is 8.86. The summed E-state index contributed by atoms with van der Waals surface area (Å²) in [4.78, 5) is 30.0. The van der Waals surface area contributed by atoms with Crippen LogP contribution in [-0.2, 0) is 11.8 Å². The van der Waals surface area contributed by atoms with Gasteiger partial charge in [-0.25, -0.2) is 9.97 Å². The zero-order valence-electron chi connectivity index (χ0n) is 22.2. The van der Waals surface area contributed by atoms with Crippen LogP contribution in [0.15, 0.2) is 47.4 Å². The molecule has 0 unspecified atom stereocenters. The molecule has 2 N–H and O–H groups in total. The molecule has 5 aromatic rings. The van der Waals surface area contributed by atoms with E-state index in [4.69, 9.17) is 9.51 Å². The summed E-state index contributed by atoms with van der Waals surface area (Å²) in [6.45, 7) is 5.95.